The zero-order valence-electron chi connectivity index (χ0n) is 22.9. The number of ether oxygens (including phenoxy) is 1. The summed E-state index contributed by atoms with van der Waals surface area (Å²) in [7, 11) is -4.64. The van der Waals surface area contributed by atoms with Gasteiger partial charge in [0.25, 0.3) is 0 Å². The molecular formula is C29H18Br2Cl2F2N3O6PS. The molecule has 4 aromatic carbocycles. The minimum Gasteiger partial charge on any atom is -0.478 e. The van der Waals surface area contributed by atoms with Crippen molar-refractivity contribution in [2.45, 2.75) is 12.7 Å². The van der Waals surface area contributed by atoms with Gasteiger partial charge in [-0.25, -0.2) is 14.5 Å². The molecule has 17 heteroatoms. The van der Waals surface area contributed by atoms with E-state index in [4.69, 9.17) is 38.0 Å². The van der Waals surface area contributed by atoms with Crippen LogP contribution in [0.25, 0.3) is 10.6 Å². The molecule has 0 radical (unpaired) electrons. The maximum absolute atomic E-state index is 12.7. The van der Waals surface area contributed by atoms with Gasteiger partial charge < -0.3 is 9.84 Å². The largest absolute Gasteiger partial charge is 0.478 e. The zero-order chi connectivity index (χ0) is 33.0. The number of carboxylic acid groups (broad SMARTS) is 1. The van der Waals surface area contributed by atoms with Crippen LogP contribution < -0.4 is 9.54 Å². The lowest BCUT2D eigenvalue weighted by Gasteiger charge is -2.13. The summed E-state index contributed by atoms with van der Waals surface area (Å²) in [5.74, 6) is -0.255. The van der Waals surface area contributed by atoms with E-state index >= 15 is 0 Å². The number of halogens is 6. The average Bonchev–Trinajstić information content (AvgIpc) is 3.42. The van der Waals surface area contributed by atoms with Gasteiger partial charge in [-0.2, -0.15) is 5.10 Å². The Morgan fingerprint density at radius 3 is 2.28 bits per heavy atom. The fraction of sp³-hybridized carbons (Fsp3) is 0.0690. The van der Waals surface area contributed by atoms with Crippen molar-refractivity contribution < 1.29 is 37.7 Å². The fourth-order valence-electron chi connectivity index (χ4n) is 4.12. The van der Waals surface area contributed by atoms with E-state index in [9.17, 15) is 23.5 Å². The van der Waals surface area contributed by atoms with Gasteiger partial charge in [-0.1, -0.05) is 84.6 Å². The molecule has 0 unspecified atom stereocenters. The number of benzene rings is 4. The van der Waals surface area contributed by atoms with Gasteiger partial charge in [0.2, 0.25) is 4.80 Å². The molecule has 5 aromatic rings. The summed E-state index contributed by atoms with van der Waals surface area (Å²) in [5, 5.41) is 15.4. The SMILES string of the molecule is O=C(O)c1cccc(Oc2cccc(-c3nn(Cc4cc(Br)c(CP(=O)(OF)OF)c(Br)c4)c(=Nc4ccc(Cl)c(Cl)c4)s3)c2)c1. The summed E-state index contributed by atoms with van der Waals surface area (Å²) in [5.41, 5.74) is 2.28. The lowest BCUT2D eigenvalue weighted by Crippen LogP contribution is -2.17. The molecule has 1 aromatic heterocycles. The Morgan fingerprint density at radius 2 is 1.63 bits per heavy atom. The smallest absolute Gasteiger partial charge is 0.399 e. The maximum Gasteiger partial charge on any atom is 0.399 e. The van der Waals surface area contributed by atoms with Gasteiger partial charge in [-0.3, -0.25) is 4.57 Å². The number of carboxylic acids is 1. The Kier molecular flexibility index (Phi) is 11.1. The van der Waals surface area contributed by atoms with Gasteiger partial charge in [0, 0.05) is 14.5 Å². The predicted octanol–water partition coefficient (Wildman–Crippen LogP) is 10.7. The molecule has 1 N–H and O–H groups in total. The summed E-state index contributed by atoms with van der Waals surface area (Å²) in [6, 6.07) is 21.6. The van der Waals surface area contributed by atoms with Crippen molar-refractivity contribution >= 4 is 85.7 Å². The lowest BCUT2D eigenvalue weighted by molar-refractivity contribution is -0.0881. The number of rotatable bonds is 11. The Morgan fingerprint density at radius 1 is 0.957 bits per heavy atom. The van der Waals surface area contributed by atoms with Crippen molar-refractivity contribution in [1.29, 1.82) is 0 Å². The molecule has 0 aliphatic heterocycles. The van der Waals surface area contributed by atoms with E-state index < -0.39 is 19.7 Å². The minimum absolute atomic E-state index is 0.0926. The van der Waals surface area contributed by atoms with Gasteiger partial charge in [0.05, 0.1) is 34.0 Å². The lowest BCUT2D eigenvalue weighted by atomic mass is 10.1. The van der Waals surface area contributed by atoms with Gasteiger partial charge in [-0.05, 0) is 80.8 Å². The molecule has 0 aliphatic rings. The Balaban J connectivity index is 1.53. The van der Waals surface area contributed by atoms with Crippen molar-refractivity contribution in [2.24, 2.45) is 4.99 Å². The first-order valence-corrected chi connectivity index (χ1v) is 17.7. The zero-order valence-corrected chi connectivity index (χ0v) is 29.3. The van der Waals surface area contributed by atoms with Crippen LogP contribution in [0.2, 0.25) is 10.0 Å². The number of carbonyl (C=O) groups is 1. The quantitative estimate of drug-likeness (QED) is 0.132. The highest BCUT2D eigenvalue weighted by atomic mass is 79.9. The van der Waals surface area contributed by atoms with E-state index in [0.717, 1.165) is 0 Å². The summed E-state index contributed by atoms with van der Waals surface area (Å²) in [6.07, 6.45) is -0.674. The van der Waals surface area contributed by atoms with Crippen molar-refractivity contribution in [1.82, 2.24) is 9.78 Å². The van der Waals surface area contributed by atoms with Crippen LogP contribution in [0.5, 0.6) is 11.5 Å². The molecule has 0 atom stereocenters. The molecule has 238 valence electrons. The highest BCUT2D eigenvalue weighted by Gasteiger charge is 2.30. The van der Waals surface area contributed by atoms with Gasteiger partial charge in [0.1, 0.15) is 16.5 Å². The Labute approximate surface area is 290 Å². The monoisotopic (exact) mass is 833 g/mol. The highest BCUT2D eigenvalue weighted by molar-refractivity contribution is 9.11. The second-order valence-electron chi connectivity index (χ2n) is 9.47. The number of aromatic carboxylic acids is 1. The van der Waals surface area contributed by atoms with Crippen molar-refractivity contribution in [3.05, 3.63) is 119 Å². The van der Waals surface area contributed by atoms with Gasteiger partial charge in [-0.15, -0.1) is 9.46 Å². The minimum atomic E-state index is -4.64. The van der Waals surface area contributed by atoms with E-state index in [0.29, 0.717) is 57.1 Å². The first-order chi connectivity index (χ1) is 22.0. The molecule has 0 fully saturated rings. The third kappa shape index (κ3) is 8.31. The van der Waals surface area contributed by atoms with Crippen molar-refractivity contribution in [3.63, 3.8) is 0 Å². The topological polar surface area (TPSA) is 112 Å². The summed E-state index contributed by atoms with van der Waals surface area (Å²) < 4.78 is 52.4. The number of nitrogens with zero attached hydrogens (tertiary/aromatic N) is 3. The standard InChI is InChI=1S/C29H18Br2Cl2F2N3O6PS/c30-23-9-16(10-24(31)22(23)15-45(41,43-34)44-35)14-38-29(36-19-7-8-25(32)26(33)13-19)46-27(37-38)17-3-1-5-20(11-17)42-21-6-2-4-18(12-21)28(39)40/h1-13H,14-15H2,(H,39,40). The first-order valence-electron chi connectivity index (χ1n) is 12.8. The molecule has 0 aliphatic carbocycles. The Hall–Kier alpha value is -2.94. The predicted molar refractivity (Wildman–Crippen MR) is 177 cm³/mol. The van der Waals surface area contributed by atoms with E-state index in [1.54, 1.807) is 65.3 Å². The van der Waals surface area contributed by atoms with Crippen LogP contribution in [0.3, 0.4) is 0 Å². The molecule has 5 rings (SSSR count). The normalized spacial score (nSPS) is 12.0. The molecule has 46 heavy (non-hydrogen) atoms. The molecule has 0 saturated heterocycles. The molecule has 0 bridgehead atoms. The third-order valence-electron chi connectivity index (χ3n) is 6.24. The van der Waals surface area contributed by atoms with Crippen LogP contribution in [0.15, 0.2) is 92.8 Å². The second kappa shape index (κ2) is 14.9. The van der Waals surface area contributed by atoms with E-state index in [-0.39, 0.29) is 17.7 Å². The number of aromatic nitrogens is 2. The number of hydrogen-bond donors (Lipinski definition) is 1. The summed E-state index contributed by atoms with van der Waals surface area (Å²) >= 11 is 20.3. The van der Waals surface area contributed by atoms with E-state index in [1.807, 2.05) is 6.07 Å². The van der Waals surface area contributed by atoms with Crippen LogP contribution in [0.1, 0.15) is 21.5 Å². The maximum atomic E-state index is 12.7. The number of hydrogen-bond acceptors (Lipinski definition) is 8. The molecule has 9 nitrogen and oxygen atoms in total. The molecular weight excluding hydrogens is 818 g/mol. The molecule has 0 spiro atoms. The first kappa shape index (κ1) is 34.4. The molecule has 0 amide bonds. The van der Waals surface area contributed by atoms with Crippen LogP contribution >= 0.6 is 74.0 Å². The van der Waals surface area contributed by atoms with Crippen LogP contribution in [0.4, 0.5) is 14.7 Å². The highest BCUT2D eigenvalue weighted by Crippen LogP contribution is 2.54. The van der Waals surface area contributed by atoms with E-state index in [2.05, 4.69) is 41.3 Å². The fourth-order valence-corrected chi connectivity index (χ4v) is 8.18. The summed E-state index contributed by atoms with van der Waals surface area (Å²) in [4.78, 5) is 16.6. The van der Waals surface area contributed by atoms with Gasteiger partial charge in [0.15, 0.2) is 0 Å². The average molecular weight is 836 g/mol. The van der Waals surface area contributed by atoms with Gasteiger partial charge >= 0.3 is 13.6 Å². The Bertz CT molecular complexity index is 2030. The van der Waals surface area contributed by atoms with Crippen LogP contribution in [-0.2, 0) is 26.7 Å². The molecule has 1 heterocycles. The van der Waals surface area contributed by atoms with Crippen molar-refractivity contribution in [3.8, 4) is 22.1 Å². The van der Waals surface area contributed by atoms with E-state index in [1.165, 1.54) is 23.5 Å². The van der Waals surface area contributed by atoms with Crippen molar-refractivity contribution in [2.75, 3.05) is 0 Å². The van der Waals surface area contributed by atoms with Crippen LogP contribution in [0, 0.1) is 0 Å². The third-order valence-corrected chi connectivity index (χ3v) is 10.5. The van der Waals surface area contributed by atoms with Crippen LogP contribution in [-0.4, -0.2) is 20.9 Å². The molecule has 0 saturated carbocycles. The summed E-state index contributed by atoms with van der Waals surface area (Å²) in [6.45, 7) is 0.198. The second-order valence-corrected chi connectivity index (χ2v) is 14.8.